The maximum absolute atomic E-state index is 11.8. The van der Waals surface area contributed by atoms with E-state index in [0.717, 1.165) is 25.9 Å². The number of amides is 1. The molecule has 0 aromatic heterocycles. The van der Waals surface area contributed by atoms with E-state index in [0.29, 0.717) is 12.8 Å². The maximum Gasteiger partial charge on any atom is 0.410 e. The highest BCUT2D eigenvalue weighted by molar-refractivity contribution is 7.91. The Morgan fingerprint density at radius 3 is 2.24 bits per heavy atom. The van der Waals surface area contributed by atoms with Crippen LogP contribution in [0.2, 0.25) is 0 Å². The van der Waals surface area contributed by atoms with Crippen molar-refractivity contribution in [2.75, 3.05) is 24.6 Å². The summed E-state index contributed by atoms with van der Waals surface area (Å²) in [5.74, 6) is 0.288. The molecule has 0 radical (unpaired) electrons. The second kappa shape index (κ2) is 5.25. The number of hydrogen-bond acceptors (Lipinski definition) is 4. The number of piperidine rings is 1. The Balaban J connectivity index is 1.79. The third-order valence-electron chi connectivity index (χ3n) is 3.38. The van der Waals surface area contributed by atoms with Crippen molar-refractivity contribution in [1.82, 2.24) is 4.90 Å². The van der Waals surface area contributed by atoms with Gasteiger partial charge in [-0.25, -0.2) is 13.2 Å². The molecule has 0 aliphatic carbocycles. The van der Waals surface area contributed by atoms with Gasteiger partial charge in [0.05, 0.1) is 11.5 Å². The van der Waals surface area contributed by atoms with E-state index >= 15 is 0 Å². The molecule has 2 aliphatic rings. The van der Waals surface area contributed by atoms with Gasteiger partial charge >= 0.3 is 6.09 Å². The predicted molar refractivity (Wildman–Crippen MR) is 63.6 cm³/mol. The standard InChI is InChI=1S/C11H19NO4S/c13-11(12-6-2-1-3-7-12)16-10-4-8-17(14,15)9-5-10/h10H,1-9H2. The molecule has 0 spiro atoms. The molecule has 6 heteroatoms. The van der Waals surface area contributed by atoms with Gasteiger partial charge in [-0.05, 0) is 32.1 Å². The van der Waals surface area contributed by atoms with Crippen LogP contribution in [0.5, 0.6) is 0 Å². The quantitative estimate of drug-likeness (QED) is 0.711. The van der Waals surface area contributed by atoms with Gasteiger partial charge in [0, 0.05) is 13.1 Å². The summed E-state index contributed by atoms with van der Waals surface area (Å²) in [6, 6.07) is 0. The number of nitrogens with zero attached hydrogens (tertiary/aromatic N) is 1. The second-order valence-corrected chi connectivity index (χ2v) is 7.09. The number of likely N-dealkylation sites (tertiary alicyclic amines) is 1. The number of carbonyl (C=O) groups is 1. The lowest BCUT2D eigenvalue weighted by atomic mass is 10.1. The highest BCUT2D eigenvalue weighted by atomic mass is 32.2. The van der Waals surface area contributed by atoms with Gasteiger partial charge in [-0.2, -0.15) is 0 Å². The zero-order valence-corrected chi connectivity index (χ0v) is 10.7. The minimum absolute atomic E-state index is 0.144. The van der Waals surface area contributed by atoms with Crippen LogP contribution in [-0.4, -0.2) is 50.1 Å². The van der Waals surface area contributed by atoms with Crippen LogP contribution < -0.4 is 0 Å². The van der Waals surface area contributed by atoms with Crippen LogP contribution in [0, 0.1) is 0 Å². The molecule has 1 amide bonds. The second-order valence-electron chi connectivity index (χ2n) is 4.78. The molecule has 0 N–H and O–H groups in total. The number of carbonyl (C=O) groups excluding carboxylic acids is 1. The molecule has 2 saturated heterocycles. The summed E-state index contributed by atoms with van der Waals surface area (Å²) in [7, 11) is -2.88. The van der Waals surface area contributed by atoms with Gasteiger partial charge < -0.3 is 9.64 Å². The molecule has 2 rings (SSSR count). The van der Waals surface area contributed by atoms with Crippen LogP contribution >= 0.6 is 0 Å². The molecule has 5 nitrogen and oxygen atoms in total. The molecule has 0 atom stereocenters. The molecule has 98 valence electrons. The van der Waals surface area contributed by atoms with E-state index in [4.69, 9.17) is 4.74 Å². The van der Waals surface area contributed by atoms with Crippen molar-refractivity contribution in [3.05, 3.63) is 0 Å². The number of rotatable bonds is 1. The van der Waals surface area contributed by atoms with Gasteiger partial charge in [-0.3, -0.25) is 0 Å². The van der Waals surface area contributed by atoms with Gasteiger partial charge in [0.25, 0.3) is 0 Å². The molecule has 2 aliphatic heterocycles. The average Bonchev–Trinajstić information content (AvgIpc) is 2.33. The summed E-state index contributed by atoms with van der Waals surface area (Å²) in [5, 5.41) is 0. The normalized spacial score (nSPS) is 25.5. The van der Waals surface area contributed by atoms with Crippen LogP contribution in [0.3, 0.4) is 0 Å². The Kier molecular flexibility index (Phi) is 3.91. The minimum Gasteiger partial charge on any atom is -0.446 e. The van der Waals surface area contributed by atoms with Crippen molar-refractivity contribution in [2.45, 2.75) is 38.2 Å². The van der Waals surface area contributed by atoms with E-state index in [1.807, 2.05) is 0 Å². The number of ether oxygens (including phenoxy) is 1. The van der Waals surface area contributed by atoms with Crippen LogP contribution in [0.25, 0.3) is 0 Å². The molecule has 2 heterocycles. The highest BCUT2D eigenvalue weighted by Crippen LogP contribution is 2.18. The summed E-state index contributed by atoms with van der Waals surface area (Å²) in [6.45, 7) is 1.54. The summed E-state index contributed by atoms with van der Waals surface area (Å²) in [5.41, 5.74) is 0. The molecule has 0 saturated carbocycles. The summed E-state index contributed by atoms with van der Waals surface area (Å²) in [4.78, 5) is 13.5. The Hall–Kier alpha value is -0.780. The predicted octanol–water partition coefficient (Wildman–Crippen LogP) is 1.19. The van der Waals surface area contributed by atoms with Crippen molar-refractivity contribution in [3.8, 4) is 0 Å². The van der Waals surface area contributed by atoms with E-state index in [1.54, 1.807) is 4.90 Å². The van der Waals surface area contributed by atoms with E-state index in [9.17, 15) is 13.2 Å². The lowest BCUT2D eigenvalue weighted by Gasteiger charge is -2.29. The van der Waals surface area contributed by atoms with Crippen molar-refractivity contribution < 1.29 is 17.9 Å². The maximum atomic E-state index is 11.8. The Bertz CT molecular complexity index is 359. The smallest absolute Gasteiger partial charge is 0.410 e. The molecule has 17 heavy (non-hydrogen) atoms. The van der Waals surface area contributed by atoms with Crippen molar-refractivity contribution in [2.24, 2.45) is 0 Å². The van der Waals surface area contributed by atoms with Gasteiger partial charge in [-0.1, -0.05) is 0 Å². The SMILES string of the molecule is O=C(OC1CCS(=O)(=O)CC1)N1CCCCC1. The van der Waals surface area contributed by atoms with Gasteiger partial charge in [0.15, 0.2) is 9.84 Å². The summed E-state index contributed by atoms with van der Waals surface area (Å²) >= 11 is 0. The highest BCUT2D eigenvalue weighted by Gasteiger charge is 2.28. The Morgan fingerprint density at radius 2 is 1.65 bits per heavy atom. The first-order valence-corrected chi connectivity index (χ1v) is 8.05. The van der Waals surface area contributed by atoms with Gasteiger partial charge in [-0.15, -0.1) is 0 Å². The average molecular weight is 261 g/mol. The van der Waals surface area contributed by atoms with Crippen LogP contribution in [0.15, 0.2) is 0 Å². The molecule has 2 fully saturated rings. The third-order valence-corrected chi connectivity index (χ3v) is 5.10. The van der Waals surface area contributed by atoms with Crippen molar-refractivity contribution in [1.29, 1.82) is 0 Å². The van der Waals surface area contributed by atoms with E-state index in [2.05, 4.69) is 0 Å². The van der Waals surface area contributed by atoms with Gasteiger partial charge in [0.2, 0.25) is 0 Å². The van der Waals surface area contributed by atoms with Gasteiger partial charge in [0.1, 0.15) is 6.10 Å². The fourth-order valence-corrected chi connectivity index (χ4v) is 3.73. The molecular formula is C11H19NO4S. The molecule has 0 aromatic carbocycles. The number of sulfone groups is 1. The Labute approximate surface area is 102 Å². The Morgan fingerprint density at radius 1 is 1.06 bits per heavy atom. The largest absolute Gasteiger partial charge is 0.446 e. The van der Waals surface area contributed by atoms with Crippen molar-refractivity contribution >= 4 is 15.9 Å². The van der Waals surface area contributed by atoms with Crippen LogP contribution in [-0.2, 0) is 14.6 Å². The lowest BCUT2D eigenvalue weighted by molar-refractivity contribution is 0.0536. The summed E-state index contributed by atoms with van der Waals surface area (Å²) in [6.07, 6.45) is 3.65. The van der Waals surface area contributed by atoms with Crippen molar-refractivity contribution in [3.63, 3.8) is 0 Å². The monoisotopic (exact) mass is 261 g/mol. The lowest BCUT2D eigenvalue weighted by Crippen LogP contribution is -2.39. The first kappa shape index (κ1) is 12.7. The topological polar surface area (TPSA) is 63.7 Å². The van der Waals surface area contributed by atoms with E-state index in [1.165, 1.54) is 6.42 Å². The zero-order chi connectivity index (χ0) is 12.3. The fraction of sp³-hybridized carbons (Fsp3) is 0.909. The van der Waals surface area contributed by atoms with E-state index in [-0.39, 0.29) is 23.7 Å². The van der Waals surface area contributed by atoms with Crippen LogP contribution in [0.4, 0.5) is 4.79 Å². The molecular weight excluding hydrogens is 242 g/mol. The molecule has 0 bridgehead atoms. The summed E-state index contributed by atoms with van der Waals surface area (Å²) < 4.78 is 27.8. The van der Waals surface area contributed by atoms with Crippen LogP contribution in [0.1, 0.15) is 32.1 Å². The first-order chi connectivity index (χ1) is 8.07. The zero-order valence-electron chi connectivity index (χ0n) is 9.93. The molecule has 0 aromatic rings. The number of hydrogen-bond donors (Lipinski definition) is 0. The van der Waals surface area contributed by atoms with E-state index < -0.39 is 9.84 Å². The minimum atomic E-state index is -2.88. The fourth-order valence-electron chi connectivity index (χ4n) is 2.28. The molecule has 0 unspecified atom stereocenters. The third kappa shape index (κ3) is 3.59. The first-order valence-electron chi connectivity index (χ1n) is 6.23.